The number of phenolic OH excluding ortho intramolecular Hbond substituents is 1. The van der Waals surface area contributed by atoms with Crippen LogP contribution in [0.3, 0.4) is 0 Å². The van der Waals surface area contributed by atoms with Gasteiger partial charge in [0.25, 0.3) is 5.91 Å². The molecule has 4 aromatic carbocycles. The standard InChI is InChI=1S/C30H31N3O5S/c1-30(2,3)33-39(37,38)27-14-8-11-23-24(27)12-7-13-25(23)31-29(36)26(19-20-9-5-4-6-10-20)32-28(35)21-15-17-22(34)18-16-21/h4-18,26,33-34H,19H2,1-3H3,(H,31,36)(H,32,35)/t26-/m0/s1. The molecule has 0 radical (unpaired) electrons. The Morgan fingerprint density at radius 3 is 2.13 bits per heavy atom. The van der Waals surface area contributed by atoms with Crippen LogP contribution in [0.25, 0.3) is 10.8 Å². The third kappa shape index (κ3) is 7.01. The predicted octanol–water partition coefficient (Wildman–Crippen LogP) is 4.60. The van der Waals surface area contributed by atoms with Gasteiger partial charge in [0.05, 0.1) is 4.90 Å². The van der Waals surface area contributed by atoms with Gasteiger partial charge in [-0.15, -0.1) is 0 Å². The summed E-state index contributed by atoms with van der Waals surface area (Å²) < 4.78 is 28.9. The number of hydrogen-bond acceptors (Lipinski definition) is 5. The van der Waals surface area contributed by atoms with Gasteiger partial charge in [0.15, 0.2) is 0 Å². The summed E-state index contributed by atoms with van der Waals surface area (Å²) in [6.07, 6.45) is 0.233. The Bertz CT molecular complexity index is 1600. The fraction of sp³-hybridized carbons (Fsp3) is 0.200. The Labute approximate surface area is 228 Å². The van der Waals surface area contributed by atoms with E-state index in [1.807, 2.05) is 30.3 Å². The largest absolute Gasteiger partial charge is 0.508 e. The molecule has 4 aromatic rings. The molecule has 0 fully saturated rings. The molecule has 0 aromatic heterocycles. The van der Waals surface area contributed by atoms with Crippen molar-refractivity contribution in [3.8, 4) is 5.75 Å². The van der Waals surface area contributed by atoms with Gasteiger partial charge in [0, 0.05) is 34.0 Å². The molecular formula is C30H31N3O5S. The smallest absolute Gasteiger partial charge is 0.251 e. The molecule has 4 N–H and O–H groups in total. The minimum atomic E-state index is -3.83. The van der Waals surface area contributed by atoms with E-state index in [1.54, 1.807) is 51.1 Å². The molecule has 2 amide bonds. The topological polar surface area (TPSA) is 125 Å². The number of nitrogens with one attached hydrogen (secondary N) is 3. The van der Waals surface area contributed by atoms with Crippen molar-refractivity contribution >= 4 is 38.3 Å². The highest BCUT2D eigenvalue weighted by Gasteiger charge is 2.26. The van der Waals surface area contributed by atoms with Crippen LogP contribution in [0, 0.1) is 0 Å². The first-order valence-electron chi connectivity index (χ1n) is 12.4. The maximum atomic E-state index is 13.6. The Morgan fingerprint density at radius 1 is 0.821 bits per heavy atom. The fourth-order valence-corrected chi connectivity index (χ4v) is 5.86. The highest BCUT2D eigenvalue weighted by Crippen LogP contribution is 2.29. The van der Waals surface area contributed by atoms with Gasteiger partial charge in [-0.3, -0.25) is 9.59 Å². The molecular weight excluding hydrogens is 514 g/mol. The molecule has 0 aliphatic rings. The predicted molar refractivity (Wildman–Crippen MR) is 152 cm³/mol. The van der Waals surface area contributed by atoms with Gasteiger partial charge in [-0.2, -0.15) is 0 Å². The van der Waals surface area contributed by atoms with E-state index >= 15 is 0 Å². The molecule has 39 heavy (non-hydrogen) atoms. The van der Waals surface area contributed by atoms with Crippen molar-refractivity contribution in [1.82, 2.24) is 10.0 Å². The summed E-state index contributed by atoms with van der Waals surface area (Å²) >= 11 is 0. The number of rotatable bonds is 8. The normalized spacial score (nSPS) is 12.6. The molecule has 0 saturated heterocycles. The molecule has 9 heteroatoms. The molecule has 202 valence electrons. The summed E-state index contributed by atoms with van der Waals surface area (Å²) in [5.41, 5.74) is 0.892. The number of carbonyl (C=O) groups excluding carboxylic acids is 2. The van der Waals surface area contributed by atoms with E-state index in [2.05, 4.69) is 15.4 Å². The lowest BCUT2D eigenvalue weighted by Gasteiger charge is -2.22. The van der Waals surface area contributed by atoms with Gasteiger partial charge >= 0.3 is 0 Å². The second-order valence-electron chi connectivity index (χ2n) is 10.3. The van der Waals surface area contributed by atoms with E-state index in [1.165, 1.54) is 30.3 Å². The lowest BCUT2D eigenvalue weighted by atomic mass is 10.0. The average Bonchev–Trinajstić information content (AvgIpc) is 2.87. The number of amides is 2. The van der Waals surface area contributed by atoms with Crippen LogP contribution in [0.4, 0.5) is 5.69 Å². The number of anilines is 1. The van der Waals surface area contributed by atoms with Crippen LogP contribution < -0.4 is 15.4 Å². The second-order valence-corrected chi connectivity index (χ2v) is 11.9. The summed E-state index contributed by atoms with van der Waals surface area (Å²) in [6, 6.07) is 24.1. The van der Waals surface area contributed by atoms with E-state index in [-0.39, 0.29) is 17.1 Å². The number of aromatic hydroxyl groups is 1. The molecule has 0 bridgehead atoms. The third-order valence-corrected chi connectivity index (χ3v) is 7.72. The zero-order chi connectivity index (χ0) is 28.2. The molecule has 1 atom stereocenters. The fourth-order valence-electron chi connectivity index (χ4n) is 4.22. The molecule has 0 spiro atoms. The Balaban J connectivity index is 1.65. The van der Waals surface area contributed by atoms with Crippen LogP contribution in [0.5, 0.6) is 5.75 Å². The SMILES string of the molecule is CC(C)(C)NS(=O)(=O)c1cccc2c(NC(=O)[C@H](Cc3ccccc3)NC(=O)c3ccc(O)cc3)cccc12. The summed E-state index contributed by atoms with van der Waals surface area (Å²) in [4.78, 5) is 26.6. The molecule has 4 rings (SSSR count). The van der Waals surface area contributed by atoms with E-state index in [4.69, 9.17) is 0 Å². The first-order valence-corrected chi connectivity index (χ1v) is 13.9. The second kappa shape index (κ2) is 11.3. The molecule has 0 heterocycles. The zero-order valence-electron chi connectivity index (χ0n) is 21.9. The van der Waals surface area contributed by atoms with Crippen molar-refractivity contribution in [2.45, 2.75) is 43.7 Å². The van der Waals surface area contributed by atoms with Crippen molar-refractivity contribution in [2.24, 2.45) is 0 Å². The maximum absolute atomic E-state index is 13.6. The van der Waals surface area contributed by atoms with Crippen molar-refractivity contribution < 1.29 is 23.1 Å². The van der Waals surface area contributed by atoms with E-state index in [0.29, 0.717) is 22.0 Å². The summed E-state index contributed by atoms with van der Waals surface area (Å²) in [6.45, 7) is 5.29. The van der Waals surface area contributed by atoms with Gasteiger partial charge in [-0.25, -0.2) is 13.1 Å². The third-order valence-electron chi connectivity index (χ3n) is 5.90. The number of benzene rings is 4. The number of fused-ring (bicyclic) bond motifs is 1. The van der Waals surface area contributed by atoms with Gasteiger partial charge in [0.2, 0.25) is 15.9 Å². The van der Waals surface area contributed by atoms with Gasteiger partial charge < -0.3 is 15.7 Å². The number of phenols is 1. The maximum Gasteiger partial charge on any atom is 0.251 e. The first-order chi connectivity index (χ1) is 18.4. The van der Waals surface area contributed by atoms with Crippen LogP contribution in [0.1, 0.15) is 36.7 Å². The average molecular weight is 546 g/mol. The monoisotopic (exact) mass is 545 g/mol. The molecule has 8 nitrogen and oxygen atoms in total. The lowest BCUT2D eigenvalue weighted by molar-refractivity contribution is -0.118. The highest BCUT2D eigenvalue weighted by molar-refractivity contribution is 7.89. The highest BCUT2D eigenvalue weighted by atomic mass is 32.2. The van der Waals surface area contributed by atoms with E-state index < -0.39 is 33.4 Å². The minimum absolute atomic E-state index is 0.0279. The van der Waals surface area contributed by atoms with Crippen LogP contribution in [0.15, 0.2) is 95.9 Å². The van der Waals surface area contributed by atoms with Crippen LogP contribution in [-0.2, 0) is 21.2 Å². The van der Waals surface area contributed by atoms with Crippen LogP contribution >= 0.6 is 0 Å². The molecule has 0 aliphatic carbocycles. The lowest BCUT2D eigenvalue weighted by Crippen LogP contribution is -2.45. The van der Waals surface area contributed by atoms with Crippen LogP contribution in [0.2, 0.25) is 0 Å². The number of hydrogen-bond donors (Lipinski definition) is 4. The number of sulfonamides is 1. The van der Waals surface area contributed by atoms with Gasteiger partial charge in [-0.1, -0.05) is 54.6 Å². The summed E-state index contributed by atoms with van der Waals surface area (Å²) in [5.74, 6) is -0.898. The Kier molecular flexibility index (Phi) is 8.03. The quantitative estimate of drug-likeness (QED) is 0.258. The van der Waals surface area contributed by atoms with Crippen LogP contribution in [-0.4, -0.2) is 36.9 Å². The first kappa shape index (κ1) is 27.8. The van der Waals surface area contributed by atoms with E-state index in [0.717, 1.165) is 5.56 Å². The molecule has 0 aliphatic heterocycles. The van der Waals surface area contributed by atoms with Gasteiger partial charge in [0.1, 0.15) is 11.8 Å². The Hall–Kier alpha value is -4.21. The van der Waals surface area contributed by atoms with Gasteiger partial charge in [-0.05, 0) is 62.7 Å². The Morgan fingerprint density at radius 2 is 1.46 bits per heavy atom. The molecule has 0 saturated carbocycles. The van der Waals surface area contributed by atoms with Crippen molar-refractivity contribution in [1.29, 1.82) is 0 Å². The van der Waals surface area contributed by atoms with Crippen molar-refractivity contribution in [3.05, 3.63) is 102 Å². The molecule has 0 unspecified atom stereocenters. The number of carbonyl (C=O) groups is 2. The van der Waals surface area contributed by atoms with Crippen molar-refractivity contribution in [2.75, 3.05) is 5.32 Å². The van der Waals surface area contributed by atoms with E-state index in [9.17, 15) is 23.1 Å². The summed E-state index contributed by atoms with van der Waals surface area (Å²) in [5, 5.41) is 16.2. The van der Waals surface area contributed by atoms with Crippen molar-refractivity contribution in [3.63, 3.8) is 0 Å². The minimum Gasteiger partial charge on any atom is -0.508 e. The zero-order valence-corrected chi connectivity index (χ0v) is 22.7. The summed E-state index contributed by atoms with van der Waals surface area (Å²) in [7, 11) is -3.83.